The lowest BCUT2D eigenvalue weighted by molar-refractivity contribution is 1.28. The van der Waals surface area contributed by atoms with E-state index in [-0.39, 0.29) is 0 Å². The van der Waals surface area contributed by atoms with Crippen molar-refractivity contribution >= 4 is 38.6 Å². The second-order valence-corrected chi connectivity index (χ2v) is 13.0. The van der Waals surface area contributed by atoms with Crippen LogP contribution in [0, 0.1) is 0 Å². The van der Waals surface area contributed by atoms with E-state index in [4.69, 9.17) is 0 Å². The maximum atomic E-state index is 2.36. The third kappa shape index (κ3) is 6.07. The summed E-state index contributed by atoms with van der Waals surface area (Å²) < 4.78 is 0. The van der Waals surface area contributed by atoms with Gasteiger partial charge >= 0.3 is 0 Å². The highest BCUT2D eigenvalue weighted by molar-refractivity contribution is 5.97. The zero-order valence-electron chi connectivity index (χ0n) is 28.2. The highest BCUT2D eigenvalue weighted by Gasteiger charge is 2.15. The van der Waals surface area contributed by atoms with Gasteiger partial charge < -0.3 is 4.90 Å². The van der Waals surface area contributed by atoms with E-state index >= 15 is 0 Å². The van der Waals surface area contributed by atoms with Gasteiger partial charge in [-0.3, -0.25) is 0 Å². The van der Waals surface area contributed by atoms with E-state index in [1.165, 1.54) is 66.1 Å². The monoisotopic (exact) mass is 649 g/mol. The Hall–Kier alpha value is -6.70. The molecule has 0 atom stereocenters. The van der Waals surface area contributed by atoms with Crippen LogP contribution in [0.15, 0.2) is 212 Å². The fourth-order valence-corrected chi connectivity index (χ4v) is 7.22. The van der Waals surface area contributed by atoms with Crippen LogP contribution in [0.3, 0.4) is 0 Å². The summed E-state index contributed by atoms with van der Waals surface area (Å²) in [4.78, 5) is 2.36. The summed E-state index contributed by atoms with van der Waals surface area (Å²) in [5.41, 5.74) is 13.0. The van der Waals surface area contributed by atoms with Crippen molar-refractivity contribution in [3.05, 3.63) is 212 Å². The Kier molecular flexibility index (Phi) is 7.92. The first-order chi connectivity index (χ1) is 25.3. The molecule has 0 bridgehead atoms. The average molecular weight is 650 g/mol. The number of rotatable bonds is 7. The number of hydrogen-bond acceptors (Lipinski definition) is 1. The largest absolute Gasteiger partial charge is 0.310 e. The van der Waals surface area contributed by atoms with Crippen LogP contribution in [0.25, 0.3) is 66.1 Å². The highest BCUT2D eigenvalue weighted by Crippen LogP contribution is 2.39. The zero-order valence-corrected chi connectivity index (χ0v) is 28.2. The Balaban J connectivity index is 1.10. The van der Waals surface area contributed by atoms with Crippen molar-refractivity contribution in [2.75, 3.05) is 4.90 Å². The lowest BCUT2D eigenvalue weighted by Crippen LogP contribution is -2.10. The van der Waals surface area contributed by atoms with Crippen LogP contribution >= 0.6 is 0 Å². The third-order valence-electron chi connectivity index (χ3n) is 9.84. The van der Waals surface area contributed by atoms with E-state index in [2.05, 4.69) is 217 Å². The maximum absolute atomic E-state index is 2.36. The van der Waals surface area contributed by atoms with Crippen molar-refractivity contribution in [1.29, 1.82) is 0 Å². The van der Waals surface area contributed by atoms with E-state index in [1.54, 1.807) is 0 Å². The van der Waals surface area contributed by atoms with Crippen LogP contribution in [0.1, 0.15) is 0 Å². The molecule has 0 unspecified atom stereocenters. The van der Waals surface area contributed by atoms with Gasteiger partial charge in [0.05, 0.1) is 0 Å². The van der Waals surface area contributed by atoms with E-state index in [9.17, 15) is 0 Å². The molecule has 51 heavy (non-hydrogen) atoms. The van der Waals surface area contributed by atoms with Crippen molar-refractivity contribution in [3.8, 4) is 44.5 Å². The first-order valence-electron chi connectivity index (χ1n) is 17.5. The molecule has 1 heteroatoms. The van der Waals surface area contributed by atoms with Gasteiger partial charge in [-0.15, -0.1) is 0 Å². The lowest BCUT2D eigenvalue weighted by Gasteiger charge is -2.26. The summed E-state index contributed by atoms with van der Waals surface area (Å²) in [6.07, 6.45) is 0. The van der Waals surface area contributed by atoms with Gasteiger partial charge in [0.25, 0.3) is 0 Å². The Labute approximate surface area is 299 Å². The van der Waals surface area contributed by atoms with Crippen molar-refractivity contribution in [2.24, 2.45) is 0 Å². The van der Waals surface area contributed by atoms with Crippen LogP contribution in [-0.4, -0.2) is 0 Å². The first-order valence-corrected chi connectivity index (χ1v) is 17.5. The molecule has 0 saturated carbocycles. The van der Waals surface area contributed by atoms with E-state index < -0.39 is 0 Å². The number of hydrogen-bond donors (Lipinski definition) is 0. The molecule has 9 rings (SSSR count). The predicted molar refractivity (Wildman–Crippen MR) is 218 cm³/mol. The number of benzene rings is 9. The van der Waals surface area contributed by atoms with Crippen LogP contribution in [-0.2, 0) is 0 Å². The average Bonchev–Trinajstić information content (AvgIpc) is 3.21. The molecule has 0 aliphatic rings. The highest BCUT2D eigenvalue weighted by atomic mass is 15.1. The molecule has 9 aromatic carbocycles. The molecule has 0 heterocycles. The second-order valence-electron chi connectivity index (χ2n) is 13.0. The van der Waals surface area contributed by atoms with Gasteiger partial charge in [0.2, 0.25) is 0 Å². The van der Waals surface area contributed by atoms with Gasteiger partial charge in [-0.1, -0.05) is 164 Å². The summed E-state index contributed by atoms with van der Waals surface area (Å²) in [6, 6.07) is 76.6. The number of anilines is 3. The smallest absolute Gasteiger partial charge is 0.0467 e. The van der Waals surface area contributed by atoms with Crippen LogP contribution in [0.5, 0.6) is 0 Å². The molecular weight excluding hydrogens is 615 g/mol. The molecular formula is C50H35N. The van der Waals surface area contributed by atoms with E-state index in [0.717, 1.165) is 17.1 Å². The zero-order chi connectivity index (χ0) is 34.0. The van der Waals surface area contributed by atoms with Gasteiger partial charge in [-0.25, -0.2) is 0 Å². The van der Waals surface area contributed by atoms with Crippen molar-refractivity contribution in [3.63, 3.8) is 0 Å². The Morgan fingerprint density at radius 1 is 0.235 bits per heavy atom. The normalized spacial score (nSPS) is 11.1. The van der Waals surface area contributed by atoms with Gasteiger partial charge in [-0.05, 0) is 115 Å². The summed E-state index contributed by atoms with van der Waals surface area (Å²) in [5, 5.41) is 5.02. The molecule has 0 radical (unpaired) electrons. The lowest BCUT2D eigenvalue weighted by atomic mass is 9.95. The molecule has 0 fully saturated rings. The quantitative estimate of drug-likeness (QED) is 0.166. The molecule has 0 aromatic heterocycles. The van der Waals surface area contributed by atoms with Crippen LogP contribution < -0.4 is 4.90 Å². The summed E-state index contributed by atoms with van der Waals surface area (Å²) >= 11 is 0. The summed E-state index contributed by atoms with van der Waals surface area (Å²) in [5.74, 6) is 0. The van der Waals surface area contributed by atoms with Gasteiger partial charge in [0, 0.05) is 17.1 Å². The molecule has 9 aromatic rings. The number of nitrogens with zero attached hydrogens (tertiary/aromatic N) is 1. The van der Waals surface area contributed by atoms with Crippen LogP contribution in [0.4, 0.5) is 17.1 Å². The molecule has 0 spiro atoms. The van der Waals surface area contributed by atoms with Crippen molar-refractivity contribution in [1.82, 2.24) is 0 Å². The molecule has 0 N–H and O–H groups in total. The molecule has 0 aliphatic heterocycles. The molecule has 240 valence electrons. The van der Waals surface area contributed by atoms with Gasteiger partial charge in [0.1, 0.15) is 0 Å². The molecule has 0 aliphatic carbocycles. The minimum atomic E-state index is 1.10. The number of fused-ring (bicyclic) bond motifs is 2. The Morgan fingerprint density at radius 3 is 1.49 bits per heavy atom. The first kappa shape index (κ1) is 30.4. The molecule has 1 nitrogen and oxygen atoms in total. The van der Waals surface area contributed by atoms with Gasteiger partial charge in [0.15, 0.2) is 0 Å². The van der Waals surface area contributed by atoms with Crippen LogP contribution in [0.2, 0.25) is 0 Å². The molecule has 0 amide bonds. The fraction of sp³-hybridized carbons (Fsp3) is 0. The van der Waals surface area contributed by atoms with Crippen molar-refractivity contribution < 1.29 is 0 Å². The van der Waals surface area contributed by atoms with E-state index in [0.29, 0.717) is 0 Å². The Bertz CT molecular complexity index is 2610. The topological polar surface area (TPSA) is 3.24 Å². The third-order valence-corrected chi connectivity index (χ3v) is 9.84. The summed E-state index contributed by atoms with van der Waals surface area (Å²) in [7, 11) is 0. The second kappa shape index (κ2) is 13.3. The SMILES string of the molecule is c1ccc(-c2ccc(N(c3ccc(-c4cccc(-c5cccc6ccccc56)c4)cc3)c3cccc(-c4ccc5ccccc5c4)c3)cc2)cc1. The van der Waals surface area contributed by atoms with E-state index in [1.807, 2.05) is 0 Å². The Morgan fingerprint density at radius 2 is 0.725 bits per heavy atom. The fourth-order valence-electron chi connectivity index (χ4n) is 7.22. The maximum Gasteiger partial charge on any atom is 0.0467 e. The predicted octanol–water partition coefficient (Wildman–Crippen LogP) is 14.1. The van der Waals surface area contributed by atoms with Crippen molar-refractivity contribution in [2.45, 2.75) is 0 Å². The minimum Gasteiger partial charge on any atom is -0.310 e. The van der Waals surface area contributed by atoms with Gasteiger partial charge in [-0.2, -0.15) is 0 Å². The summed E-state index contributed by atoms with van der Waals surface area (Å²) in [6.45, 7) is 0. The minimum absolute atomic E-state index is 1.10. The standard InChI is InChI=1S/C50H35N/c1-2-11-36(12-3-1)38-25-29-46(30-26-38)51(48-20-9-18-43(35-48)44-24-23-37-13-4-5-15-41(37)33-44)47-31-27-39(28-32-47)42-17-8-19-45(34-42)50-22-10-16-40-14-6-7-21-49(40)50/h1-35H. The molecule has 0 saturated heterocycles.